The fourth-order valence-corrected chi connectivity index (χ4v) is 3.78. The Balaban J connectivity index is 1.59. The molecule has 2 N–H and O–H groups in total. The quantitative estimate of drug-likeness (QED) is 0.770. The molecule has 28 heavy (non-hydrogen) atoms. The SMILES string of the molecule is CC(=O)Nc1ccc(CN2CCN(Cc3cccc(C)n3)[C@H](CCO)C2)cc1. The predicted octanol–water partition coefficient (Wildman–Crippen LogP) is 2.42. The van der Waals surface area contributed by atoms with Crippen molar-refractivity contribution in [2.45, 2.75) is 39.4 Å². The van der Waals surface area contributed by atoms with Crippen molar-refractivity contribution in [3.63, 3.8) is 0 Å². The molecular weight excluding hydrogens is 352 g/mol. The first-order valence-corrected chi connectivity index (χ1v) is 9.90. The summed E-state index contributed by atoms with van der Waals surface area (Å²) in [5.74, 6) is -0.0567. The van der Waals surface area contributed by atoms with Crippen LogP contribution in [0.25, 0.3) is 0 Å². The van der Waals surface area contributed by atoms with Crippen molar-refractivity contribution < 1.29 is 9.90 Å². The topological polar surface area (TPSA) is 68.7 Å². The standard InChI is InChI=1S/C22H30N4O2/c1-17-4-3-5-21(23-17)15-26-12-11-25(16-22(26)10-13-27)14-19-6-8-20(9-7-19)24-18(2)28/h3-9,22,27H,10-16H2,1-2H3,(H,24,28)/t22-/m1/s1. The summed E-state index contributed by atoms with van der Waals surface area (Å²) < 4.78 is 0. The second-order valence-electron chi connectivity index (χ2n) is 7.52. The van der Waals surface area contributed by atoms with Crippen LogP contribution in [0.5, 0.6) is 0 Å². The molecule has 0 spiro atoms. The van der Waals surface area contributed by atoms with Gasteiger partial charge in [-0.1, -0.05) is 18.2 Å². The minimum Gasteiger partial charge on any atom is -0.396 e. The number of hydrogen-bond acceptors (Lipinski definition) is 5. The molecule has 1 aromatic heterocycles. The zero-order chi connectivity index (χ0) is 19.9. The summed E-state index contributed by atoms with van der Waals surface area (Å²) >= 11 is 0. The van der Waals surface area contributed by atoms with Gasteiger partial charge < -0.3 is 10.4 Å². The molecule has 0 bridgehead atoms. The first kappa shape index (κ1) is 20.5. The van der Waals surface area contributed by atoms with Crippen molar-refractivity contribution in [1.29, 1.82) is 0 Å². The van der Waals surface area contributed by atoms with Crippen molar-refractivity contribution in [2.75, 3.05) is 31.6 Å². The lowest BCUT2D eigenvalue weighted by Crippen LogP contribution is -2.52. The van der Waals surface area contributed by atoms with Crippen LogP contribution in [0.3, 0.4) is 0 Å². The lowest BCUT2D eigenvalue weighted by molar-refractivity contribution is -0.114. The average Bonchev–Trinajstić information content (AvgIpc) is 2.65. The number of aryl methyl sites for hydroxylation is 1. The van der Waals surface area contributed by atoms with E-state index in [1.54, 1.807) is 0 Å². The molecule has 1 aliphatic heterocycles. The largest absolute Gasteiger partial charge is 0.396 e. The van der Waals surface area contributed by atoms with E-state index in [-0.39, 0.29) is 12.5 Å². The van der Waals surface area contributed by atoms with Gasteiger partial charge in [-0.2, -0.15) is 0 Å². The van der Waals surface area contributed by atoms with Crippen molar-refractivity contribution in [2.24, 2.45) is 0 Å². The maximum atomic E-state index is 11.1. The summed E-state index contributed by atoms with van der Waals surface area (Å²) in [6, 6.07) is 14.5. The van der Waals surface area contributed by atoms with Gasteiger partial charge >= 0.3 is 0 Å². The number of carbonyl (C=O) groups is 1. The fourth-order valence-electron chi connectivity index (χ4n) is 3.78. The second-order valence-corrected chi connectivity index (χ2v) is 7.52. The van der Waals surface area contributed by atoms with E-state index in [2.05, 4.69) is 44.4 Å². The molecule has 1 aliphatic rings. The maximum Gasteiger partial charge on any atom is 0.221 e. The zero-order valence-electron chi connectivity index (χ0n) is 16.8. The van der Waals surface area contributed by atoms with Crippen molar-refractivity contribution in [3.8, 4) is 0 Å². The predicted molar refractivity (Wildman–Crippen MR) is 111 cm³/mol. The smallest absolute Gasteiger partial charge is 0.221 e. The summed E-state index contributed by atoms with van der Waals surface area (Å²) in [6.07, 6.45) is 0.768. The lowest BCUT2D eigenvalue weighted by Gasteiger charge is -2.41. The Hall–Kier alpha value is -2.28. The Morgan fingerprint density at radius 3 is 2.64 bits per heavy atom. The van der Waals surface area contributed by atoms with E-state index in [0.717, 1.165) is 56.2 Å². The number of piperazine rings is 1. The number of aliphatic hydroxyl groups is 1. The van der Waals surface area contributed by atoms with Crippen molar-refractivity contribution >= 4 is 11.6 Å². The molecule has 1 atom stereocenters. The molecule has 1 fully saturated rings. The van der Waals surface area contributed by atoms with Gasteiger partial charge in [0.25, 0.3) is 0 Å². The van der Waals surface area contributed by atoms with Crippen LogP contribution < -0.4 is 5.32 Å². The zero-order valence-corrected chi connectivity index (χ0v) is 16.8. The summed E-state index contributed by atoms with van der Waals surface area (Å²) in [5.41, 5.74) is 4.18. The highest BCUT2D eigenvalue weighted by molar-refractivity contribution is 5.88. The van der Waals surface area contributed by atoms with Crippen LogP contribution in [-0.4, -0.2) is 58.1 Å². The number of carbonyl (C=O) groups excluding carboxylic acids is 1. The summed E-state index contributed by atoms with van der Waals surface area (Å²) in [6.45, 7) is 8.31. The molecule has 1 aromatic carbocycles. The van der Waals surface area contributed by atoms with E-state index < -0.39 is 0 Å². The van der Waals surface area contributed by atoms with Crippen LogP contribution >= 0.6 is 0 Å². The number of pyridine rings is 1. The molecule has 3 rings (SSSR count). The Labute approximate surface area is 167 Å². The number of nitrogens with one attached hydrogen (secondary N) is 1. The highest BCUT2D eigenvalue weighted by Crippen LogP contribution is 2.19. The van der Waals surface area contributed by atoms with Gasteiger partial charge in [0.05, 0.1) is 5.69 Å². The van der Waals surface area contributed by atoms with Gasteiger partial charge in [0.1, 0.15) is 0 Å². The molecule has 2 heterocycles. The number of amides is 1. The molecule has 1 amide bonds. The number of nitrogens with zero attached hydrogens (tertiary/aromatic N) is 3. The van der Waals surface area contributed by atoms with Gasteiger partial charge in [-0.25, -0.2) is 0 Å². The Bertz CT molecular complexity index is 778. The fraction of sp³-hybridized carbons (Fsp3) is 0.455. The van der Waals surface area contributed by atoms with Crippen LogP contribution in [0.2, 0.25) is 0 Å². The Morgan fingerprint density at radius 1 is 1.18 bits per heavy atom. The molecule has 2 aromatic rings. The number of rotatable bonds is 7. The highest BCUT2D eigenvalue weighted by Gasteiger charge is 2.27. The lowest BCUT2D eigenvalue weighted by atomic mass is 10.1. The number of benzene rings is 1. The van der Waals surface area contributed by atoms with Crippen LogP contribution in [0.4, 0.5) is 5.69 Å². The van der Waals surface area contributed by atoms with Gasteiger partial charge in [0.2, 0.25) is 5.91 Å². The van der Waals surface area contributed by atoms with Crippen molar-refractivity contribution in [3.05, 3.63) is 59.4 Å². The third-order valence-electron chi connectivity index (χ3n) is 5.14. The molecule has 0 unspecified atom stereocenters. The third kappa shape index (κ3) is 5.86. The molecule has 150 valence electrons. The van der Waals surface area contributed by atoms with E-state index in [0.29, 0.717) is 6.04 Å². The molecule has 0 radical (unpaired) electrons. The highest BCUT2D eigenvalue weighted by atomic mass is 16.3. The van der Waals surface area contributed by atoms with Crippen LogP contribution in [0.15, 0.2) is 42.5 Å². The first-order chi connectivity index (χ1) is 13.5. The Kier molecular flexibility index (Phi) is 7.14. The van der Waals surface area contributed by atoms with E-state index in [4.69, 9.17) is 0 Å². The molecule has 6 nitrogen and oxygen atoms in total. The summed E-state index contributed by atoms with van der Waals surface area (Å²) in [5, 5.41) is 12.3. The van der Waals surface area contributed by atoms with Crippen LogP contribution in [0, 0.1) is 6.92 Å². The molecular formula is C22H30N4O2. The van der Waals surface area contributed by atoms with E-state index in [9.17, 15) is 9.90 Å². The normalized spacial score (nSPS) is 18.2. The summed E-state index contributed by atoms with van der Waals surface area (Å²) in [7, 11) is 0. The molecule has 0 saturated carbocycles. The average molecular weight is 383 g/mol. The first-order valence-electron chi connectivity index (χ1n) is 9.90. The maximum absolute atomic E-state index is 11.1. The molecule has 6 heteroatoms. The van der Waals surface area contributed by atoms with Crippen LogP contribution in [0.1, 0.15) is 30.3 Å². The second kappa shape index (κ2) is 9.78. The number of anilines is 1. The van der Waals surface area contributed by atoms with E-state index in [1.165, 1.54) is 12.5 Å². The monoisotopic (exact) mass is 382 g/mol. The van der Waals surface area contributed by atoms with E-state index >= 15 is 0 Å². The van der Waals surface area contributed by atoms with Crippen molar-refractivity contribution in [1.82, 2.24) is 14.8 Å². The van der Waals surface area contributed by atoms with Gasteiger partial charge in [-0.3, -0.25) is 19.6 Å². The van der Waals surface area contributed by atoms with Crippen LogP contribution in [-0.2, 0) is 17.9 Å². The summed E-state index contributed by atoms with van der Waals surface area (Å²) in [4.78, 5) is 20.7. The number of aromatic nitrogens is 1. The van der Waals surface area contributed by atoms with Gasteiger partial charge in [-0.15, -0.1) is 0 Å². The van der Waals surface area contributed by atoms with Gasteiger partial charge in [-0.05, 0) is 43.2 Å². The third-order valence-corrected chi connectivity index (χ3v) is 5.14. The van der Waals surface area contributed by atoms with Gasteiger partial charge in [0, 0.05) is 63.7 Å². The number of hydrogen-bond donors (Lipinski definition) is 2. The number of aliphatic hydroxyl groups excluding tert-OH is 1. The van der Waals surface area contributed by atoms with Gasteiger partial charge in [0.15, 0.2) is 0 Å². The molecule has 0 aliphatic carbocycles. The Morgan fingerprint density at radius 2 is 1.96 bits per heavy atom. The van der Waals surface area contributed by atoms with E-state index in [1.807, 2.05) is 25.1 Å². The minimum absolute atomic E-state index is 0.0567. The molecule has 1 saturated heterocycles. The minimum atomic E-state index is -0.0567.